The van der Waals surface area contributed by atoms with E-state index in [0.29, 0.717) is 10.0 Å². The van der Waals surface area contributed by atoms with E-state index in [9.17, 15) is 22.0 Å². The number of hydrogen-bond acceptors (Lipinski definition) is 3. The van der Waals surface area contributed by atoms with Crippen LogP contribution in [0.15, 0.2) is 51.8 Å². The predicted molar refractivity (Wildman–Crippen MR) is 92.2 cm³/mol. The number of carbonyl (C=O) groups excluding carboxylic acids is 1. The molecule has 0 saturated heterocycles. The lowest BCUT2D eigenvalue weighted by Crippen LogP contribution is -2.38. The van der Waals surface area contributed by atoms with E-state index in [4.69, 9.17) is 0 Å². The van der Waals surface area contributed by atoms with E-state index in [1.807, 2.05) is 0 Å². The van der Waals surface area contributed by atoms with E-state index in [0.717, 1.165) is 28.6 Å². The van der Waals surface area contributed by atoms with Crippen molar-refractivity contribution in [1.29, 1.82) is 0 Å². The number of carbonyl (C=O) groups is 1. The van der Waals surface area contributed by atoms with Crippen LogP contribution in [0.25, 0.3) is 0 Å². The van der Waals surface area contributed by atoms with Crippen molar-refractivity contribution in [3.8, 4) is 0 Å². The molecule has 134 valence electrons. The number of sulfonamides is 1. The molecule has 0 unspecified atom stereocenters. The van der Waals surface area contributed by atoms with Crippen molar-refractivity contribution in [2.45, 2.75) is 11.4 Å². The van der Waals surface area contributed by atoms with Crippen LogP contribution >= 0.6 is 15.9 Å². The van der Waals surface area contributed by atoms with Gasteiger partial charge in [-0.3, -0.25) is 4.79 Å². The SMILES string of the molecule is CN(CC(=O)NCc1cc(F)cc(Br)c1)S(=O)(=O)c1ccc(F)cc1. The maximum absolute atomic E-state index is 13.3. The molecule has 2 aromatic carbocycles. The molecule has 0 aromatic heterocycles. The van der Waals surface area contributed by atoms with Crippen molar-refractivity contribution < 1.29 is 22.0 Å². The normalized spacial score (nSPS) is 11.6. The summed E-state index contributed by atoms with van der Waals surface area (Å²) in [6.07, 6.45) is 0. The number of halogens is 3. The molecule has 0 aliphatic rings. The molecule has 0 heterocycles. The molecule has 1 amide bonds. The second-order valence-electron chi connectivity index (χ2n) is 5.27. The second-order valence-corrected chi connectivity index (χ2v) is 8.23. The van der Waals surface area contributed by atoms with Crippen molar-refractivity contribution in [3.63, 3.8) is 0 Å². The number of benzene rings is 2. The third-order valence-electron chi connectivity index (χ3n) is 3.30. The summed E-state index contributed by atoms with van der Waals surface area (Å²) in [6.45, 7) is -0.365. The molecule has 0 saturated carbocycles. The Morgan fingerprint density at radius 1 is 1.12 bits per heavy atom. The van der Waals surface area contributed by atoms with Gasteiger partial charge in [0.05, 0.1) is 11.4 Å². The molecule has 0 spiro atoms. The van der Waals surface area contributed by atoms with E-state index < -0.39 is 34.1 Å². The first-order valence-electron chi connectivity index (χ1n) is 7.12. The fourth-order valence-corrected chi connectivity index (χ4v) is 3.68. The van der Waals surface area contributed by atoms with Gasteiger partial charge in [-0.15, -0.1) is 0 Å². The number of likely N-dealkylation sites (N-methyl/N-ethyl adjacent to an activating group) is 1. The summed E-state index contributed by atoms with van der Waals surface area (Å²) < 4.78 is 52.2. The largest absolute Gasteiger partial charge is 0.351 e. The Morgan fingerprint density at radius 3 is 2.36 bits per heavy atom. The van der Waals surface area contributed by atoms with Gasteiger partial charge in [0.2, 0.25) is 15.9 Å². The summed E-state index contributed by atoms with van der Waals surface area (Å²) in [5, 5.41) is 2.52. The number of rotatable bonds is 6. The van der Waals surface area contributed by atoms with Crippen molar-refractivity contribution in [3.05, 3.63) is 64.1 Å². The zero-order chi connectivity index (χ0) is 18.6. The molecule has 0 aliphatic heterocycles. The van der Waals surface area contributed by atoms with Gasteiger partial charge in [0.1, 0.15) is 11.6 Å². The molecular weight excluding hydrogens is 418 g/mol. The highest BCUT2D eigenvalue weighted by Crippen LogP contribution is 2.16. The summed E-state index contributed by atoms with van der Waals surface area (Å²) in [4.78, 5) is 11.8. The van der Waals surface area contributed by atoms with Crippen LogP contribution in [0, 0.1) is 11.6 Å². The zero-order valence-electron chi connectivity index (χ0n) is 13.2. The third-order valence-corrected chi connectivity index (χ3v) is 5.58. The summed E-state index contributed by atoms with van der Waals surface area (Å²) in [5.74, 6) is -1.55. The van der Waals surface area contributed by atoms with Crippen LogP contribution in [0.3, 0.4) is 0 Å². The van der Waals surface area contributed by atoms with Gasteiger partial charge in [0, 0.05) is 18.1 Å². The highest BCUT2D eigenvalue weighted by molar-refractivity contribution is 9.10. The van der Waals surface area contributed by atoms with Crippen LogP contribution in [-0.2, 0) is 21.4 Å². The summed E-state index contributed by atoms with van der Waals surface area (Å²) >= 11 is 3.15. The van der Waals surface area contributed by atoms with E-state index >= 15 is 0 Å². The zero-order valence-corrected chi connectivity index (χ0v) is 15.6. The predicted octanol–water partition coefficient (Wildman–Crippen LogP) is 2.66. The first-order valence-corrected chi connectivity index (χ1v) is 9.35. The lowest BCUT2D eigenvalue weighted by molar-refractivity contribution is -0.121. The molecule has 0 aliphatic carbocycles. The molecule has 0 radical (unpaired) electrons. The van der Waals surface area contributed by atoms with Crippen LogP contribution < -0.4 is 5.32 Å². The van der Waals surface area contributed by atoms with Gasteiger partial charge in [0.15, 0.2) is 0 Å². The van der Waals surface area contributed by atoms with E-state index in [1.54, 1.807) is 6.07 Å². The first kappa shape index (κ1) is 19.5. The van der Waals surface area contributed by atoms with E-state index in [-0.39, 0.29) is 11.4 Å². The van der Waals surface area contributed by atoms with E-state index in [2.05, 4.69) is 21.2 Å². The molecule has 25 heavy (non-hydrogen) atoms. The fourth-order valence-electron chi connectivity index (χ4n) is 2.04. The Labute approximate surface area is 152 Å². The monoisotopic (exact) mass is 432 g/mol. The van der Waals surface area contributed by atoms with Gasteiger partial charge in [-0.1, -0.05) is 15.9 Å². The van der Waals surface area contributed by atoms with Gasteiger partial charge >= 0.3 is 0 Å². The van der Waals surface area contributed by atoms with Gasteiger partial charge in [0.25, 0.3) is 0 Å². The number of nitrogens with zero attached hydrogens (tertiary/aromatic N) is 1. The molecule has 2 rings (SSSR count). The highest BCUT2D eigenvalue weighted by atomic mass is 79.9. The Morgan fingerprint density at radius 2 is 1.76 bits per heavy atom. The molecule has 5 nitrogen and oxygen atoms in total. The number of hydrogen-bond donors (Lipinski definition) is 1. The highest BCUT2D eigenvalue weighted by Gasteiger charge is 2.22. The number of amides is 1. The van der Waals surface area contributed by atoms with Crippen LogP contribution in [-0.4, -0.2) is 32.2 Å². The molecule has 0 fully saturated rings. The minimum Gasteiger partial charge on any atom is -0.351 e. The molecular formula is C16H15BrF2N2O3S. The van der Waals surface area contributed by atoms with Crippen LogP contribution in [0.5, 0.6) is 0 Å². The fraction of sp³-hybridized carbons (Fsp3) is 0.188. The quantitative estimate of drug-likeness (QED) is 0.762. The van der Waals surface area contributed by atoms with Crippen LogP contribution in [0.4, 0.5) is 8.78 Å². The maximum Gasteiger partial charge on any atom is 0.243 e. The van der Waals surface area contributed by atoms with Crippen molar-refractivity contribution >= 4 is 31.9 Å². The van der Waals surface area contributed by atoms with Gasteiger partial charge in [-0.2, -0.15) is 4.31 Å². The average Bonchev–Trinajstić information content (AvgIpc) is 2.52. The lowest BCUT2D eigenvalue weighted by atomic mass is 10.2. The van der Waals surface area contributed by atoms with Gasteiger partial charge in [-0.25, -0.2) is 17.2 Å². The molecule has 2 aromatic rings. The van der Waals surface area contributed by atoms with Crippen molar-refractivity contribution in [2.24, 2.45) is 0 Å². The van der Waals surface area contributed by atoms with Crippen LogP contribution in [0.1, 0.15) is 5.56 Å². The second kappa shape index (κ2) is 8.03. The smallest absolute Gasteiger partial charge is 0.243 e. The summed E-state index contributed by atoms with van der Waals surface area (Å²) in [6, 6.07) is 8.51. The summed E-state index contributed by atoms with van der Waals surface area (Å²) in [7, 11) is -2.66. The van der Waals surface area contributed by atoms with Crippen molar-refractivity contribution in [1.82, 2.24) is 9.62 Å². The van der Waals surface area contributed by atoms with Crippen LogP contribution in [0.2, 0.25) is 0 Å². The van der Waals surface area contributed by atoms with Gasteiger partial charge in [-0.05, 0) is 48.0 Å². The molecule has 0 bridgehead atoms. The average molecular weight is 433 g/mol. The Balaban J connectivity index is 1.98. The standard InChI is InChI=1S/C16H15BrF2N2O3S/c1-21(25(23,24)15-4-2-13(18)3-5-15)10-16(22)20-9-11-6-12(17)8-14(19)7-11/h2-8H,9-10H2,1H3,(H,20,22). The Hall–Kier alpha value is -1.84. The summed E-state index contributed by atoms with van der Waals surface area (Å²) in [5.41, 5.74) is 0.532. The number of nitrogens with one attached hydrogen (secondary N) is 1. The maximum atomic E-state index is 13.3. The molecule has 0 atom stereocenters. The minimum absolute atomic E-state index is 0.0552. The Kier molecular flexibility index (Phi) is 6.26. The molecule has 1 N–H and O–H groups in total. The molecule has 9 heteroatoms. The van der Waals surface area contributed by atoms with Crippen molar-refractivity contribution in [2.75, 3.05) is 13.6 Å². The first-order chi connectivity index (χ1) is 11.7. The van der Waals surface area contributed by atoms with E-state index in [1.165, 1.54) is 19.2 Å². The minimum atomic E-state index is -3.91. The Bertz CT molecular complexity index is 853. The topological polar surface area (TPSA) is 66.5 Å². The van der Waals surface area contributed by atoms with Gasteiger partial charge < -0.3 is 5.32 Å². The lowest BCUT2D eigenvalue weighted by Gasteiger charge is -2.17. The third kappa shape index (κ3) is 5.32.